The van der Waals surface area contributed by atoms with Gasteiger partial charge in [0.05, 0.1) is 16.3 Å². The molecule has 0 spiro atoms. The molecule has 0 fully saturated rings. The van der Waals surface area contributed by atoms with Crippen LogP contribution in [0.4, 0.5) is 17.1 Å². The summed E-state index contributed by atoms with van der Waals surface area (Å²) in [6.45, 7) is 3.53. The summed E-state index contributed by atoms with van der Waals surface area (Å²) >= 11 is 1.35. The molecule has 0 radical (unpaired) electrons. The van der Waals surface area contributed by atoms with Gasteiger partial charge in [-0.25, -0.2) is 8.42 Å². The highest BCUT2D eigenvalue weighted by Crippen LogP contribution is 2.25. The van der Waals surface area contributed by atoms with E-state index in [-0.39, 0.29) is 17.6 Å². The minimum atomic E-state index is -3.43. The Morgan fingerprint density at radius 3 is 2.26 bits per heavy atom. The lowest BCUT2D eigenvalue weighted by Gasteiger charge is -2.14. The molecule has 2 amide bonds. The van der Waals surface area contributed by atoms with E-state index >= 15 is 0 Å². The lowest BCUT2D eigenvalue weighted by atomic mass is 10.1. The van der Waals surface area contributed by atoms with E-state index in [2.05, 4.69) is 15.4 Å². The second-order valence-electron chi connectivity index (χ2n) is 6.86. The van der Waals surface area contributed by atoms with E-state index in [9.17, 15) is 18.0 Å². The first-order valence-corrected chi connectivity index (χ1v) is 12.2. The Balaban J connectivity index is 1.69. The van der Waals surface area contributed by atoms with Crippen molar-refractivity contribution in [2.75, 3.05) is 21.1 Å². The Labute approximate surface area is 185 Å². The van der Waals surface area contributed by atoms with Crippen molar-refractivity contribution in [3.8, 4) is 0 Å². The topological polar surface area (TPSA) is 104 Å². The number of benzene rings is 2. The zero-order valence-electron chi connectivity index (χ0n) is 17.1. The second-order valence-corrected chi connectivity index (χ2v) is 9.65. The van der Waals surface area contributed by atoms with Crippen molar-refractivity contribution in [2.45, 2.75) is 20.3 Å². The highest BCUT2D eigenvalue weighted by Gasteiger charge is 2.14. The summed E-state index contributed by atoms with van der Waals surface area (Å²) in [4.78, 5) is 25.4. The smallest absolute Gasteiger partial charge is 0.265 e. The summed E-state index contributed by atoms with van der Waals surface area (Å²) in [5, 5.41) is 7.42. The van der Waals surface area contributed by atoms with E-state index in [1.165, 1.54) is 11.3 Å². The van der Waals surface area contributed by atoms with Gasteiger partial charge >= 0.3 is 0 Å². The summed E-state index contributed by atoms with van der Waals surface area (Å²) < 4.78 is 26.7. The lowest BCUT2D eigenvalue weighted by Crippen LogP contribution is -2.18. The Bertz CT molecular complexity index is 1170. The second kappa shape index (κ2) is 9.76. The van der Waals surface area contributed by atoms with Gasteiger partial charge in [0.1, 0.15) is 0 Å². The predicted octanol–water partition coefficient (Wildman–Crippen LogP) is 4.71. The number of nitrogens with one attached hydrogen (secondary N) is 3. The third kappa shape index (κ3) is 5.93. The van der Waals surface area contributed by atoms with E-state index in [4.69, 9.17) is 0 Å². The van der Waals surface area contributed by atoms with Crippen LogP contribution in [-0.2, 0) is 10.0 Å². The van der Waals surface area contributed by atoms with Crippen LogP contribution in [0, 0.1) is 6.92 Å². The normalized spacial score (nSPS) is 11.0. The van der Waals surface area contributed by atoms with Crippen molar-refractivity contribution in [1.29, 1.82) is 0 Å². The van der Waals surface area contributed by atoms with Gasteiger partial charge in [-0.2, -0.15) is 0 Å². The van der Waals surface area contributed by atoms with Crippen molar-refractivity contribution in [3.63, 3.8) is 0 Å². The first kappa shape index (κ1) is 22.5. The van der Waals surface area contributed by atoms with E-state index in [0.29, 0.717) is 39.5 Å². The molecule has 162 valence electrons. The van der Waals surface area contributed by atoms with Crippen molar-refractivity contribution < 1.29 is 18.0 Å². The molecule has 3 rings (SSSR count). The lowest BCUT2D eigenvalue weighted by molar-refractivity contribution is 0.102. The summed E-state index contributed by atoms with van der Waals surface area (Å²) in [5.74, 6) is -0.517. The largest absolute Gasteiger partial charge is 0.322 e. The molecule has 1 heterocycles. The van der Waals surface area contributed by atoms with Gasteiger partial charge in [0.2, 0.25) is 10.0 Å². The van der Waals surface area contributed by atoms with Crippen LogP contribution in [0.5, 0.6) is 0 Å². The maximum Gasteiger partial charge on any atom is 0.265 e. The molecule has 2 aromatic carbocycles. The molecule has 0 saturated carbocycles. The monoisotopic (exact) mass is 457 g/mol. The number of hydrogen-bond donors (Lipinski definition) is 3. The van der Waals surface area contributed by atoms with Crippen LogP contribution in [0.3, 0.4) is 0 Å². The average molecular weight is 458 g/mol. The Kier molecular flexibility index (Phi) is 7.09. The van der Waals surface area contributed by atoms with Crippen LogP contribution in [0.1, 0.15) is 38.9 Å². The summed E-state index contributed by atoms with van der Waals surface area (Å²) in [7, 11) is -3.43. The minimum absolute atomic E-state index is 0.0262. The number of sulfonamides is 1. The van der Waals surface area contributed by atoms with Crippen LogP contribution in [0.25, 0.3) is 0 Å². The molecule has 0 bridgehead atoms. The molecule has 31 heavy (non-hydrogen) atoms. The van der Waals surface area contributed by atoms with Gasteiger partial charge in [0, 0.05) is 16.9 Å². The number of carbonyl (C=O) groups excluding carboxylic acids is 2. The van der Waals surface area contributed by atoms with Gasteiger partial charge in [0.15, 0.2) is 0 Å². The van der Waals surface area contributed by atoms with Gasteiger partial charge in [0.25, 0.3) is 11.8 Å². The maximum atomic E-state index is 12.7. The fraction of sp³-hybridized carbons (Fsp3) is 0.182. The number of rotatable bonds is 8. The van der Waals surface area contributed by atoms with E-state index in [1.54, 1.807) is 68.4 Å². The van der Waals surface area contributed by atoms with E-state index < -0.39 is 10.0 Å². The molecule has 0 aliphatic rings. The summed E-state index contributed by atoms with van der Waals surface area (Å²) in [6, 6.07) is 15.1. The van der Waals surface area contributed by atoms with Gasteiger partial charge in [-0.05, 0) is 66.8 Å². The molecular formula is C22H23N3O4S2. The van der Waals surface area contributed by atoms with Crippen LogP contribution < -0.4 is 15.4 Å². The van der Waals surface area contributed by atoms with Crippen LogP contribution in [0.2, 0.25) is 0 Å². The molecule has 0 saturated heterocycles. The van der Waals surface area contributed by atoms with Crippen LogP contribution >= 0.6 is 11.3 Å². The van der Waals surface area contributed by atoms with Crippen molar-refractivity contribution in [1.82, 2.24) is 0 Å². The molecule has 0 aliphatic heterocycles. The highest BCUT2D eigenvalue weighted by molar-refractivity contribution is 7.92. The van der Waals surface area contributed by atoms with Gasteiger partial charge in [-0.1, -0.05) is 19.1 Å². The average Bonchev–Trinajstić information content (AvgIpc) is 3.26. The number of thiophene rings is 1. The molecule has 0 aliphatic carbocycles. The third-order valence-corrected chi connectivity index (χ3v) is 6.82. The van der Waals surface area contributed by atoms with Crippen molar-refractivity contribution >= 4 is 50.2 Å². The van der Waals surface area contributed by atoms with Crippen molar-refractivity contribution in [3.05, 3.63) is 76.0 Å². The molecule has 3 aromatic rings. The number of anilines is 3. The molecule has 1 aromatic heterocycles. The number of hydrogen-bond acceptors (Lipinski definition) is 5. The van der Waals surface area contributed by atoms with Gasteiger partial charge < -0.3 is 10.6 Å². The highest BCUT2D eigenvalue weighted by atomic mass is 32.2. The number of carbonyl (C=O) groups is 2. The number of amides is 2. The van der Waals surface area contributed by atoms with Gasteiger partial charge in [-0.15, -0.1) is 11.3 Å². The molecule has 0 atom stereocenters. The summed E-state index contributed by atoms with van der Waals surface area (Å²) in [6.07, 6.45) is 0.509. The molecule has 3 N–H and O–H groups in total. The fourth-order valence-corrected chi connectivity index (χ4v) is 4.68. The maximum absolute atomic E-state index is 12.7. The van der Waals surface area contributed by atoms with E-state index in [0.717, 1.165) is 0 Å². The first-order valence-electron chi connectivity index (χ1n) is 9.65. The molecular weight excluding hydrogens is 434 g/mol. The standard InChI is InChI=1S/C22H23N3O4S2/c1-3-14-31(28,29)25-19-7-4-6-18(15(19)2)24-21(26)16-9-11-17(12-10-16)23-22(27)20-8-5-13-30-20/h4-13,25H,3,14H2,1-2H3,(H,23,27)(H,24,26). The SMILES string of the molecule is CCCS(=O)(=O)Nc1cccc(NC(=O)c2ccc(NC(=O)c3cccs3)cc2)c1C. The summed E-state index contributed by atoms with van der Waals surface area (Å²) in [5.41, 5.74) is 2.55. The van der Waals surface area contributed by atoms with E-state index in [1.807, 2.05) is 5.38 Å². The minimum Gasteiger partial charge on any atom is -0.322 e. The zero-order chi connectivity index (χ0) is 22.4. The Hall–Kier alpha value is -3.17. The molecule has 7 nitrogen and oxygen atoms in total. The van der Waals surface area contributed by atoms with Gasteiger partial charge in [-0.3, -0.25) is 14.3 Å². The first-order chi connectivity index (χ1) is 14.8. The third-order valence-electron chi connectivity index (χ3n) is 4.47. The fourth-order valence-electron chi connectivity index (χ4n) is 2.87. The zero-order valence-corrected chi connectivity index (χ0v) is 18.8. The van der Waals surface area contributed by atoms with Crippen LogP contribution in [-0.4, -0.2) is 26.0 Å². The van der Waals surface area contributed by atoms with Crippen LogP contribution in [0.15, 0.2) is 60.0 Å². The molecule has 0 unspecified atom stereocenters. The van der Waals surface area contributed by atoms with Crippen molar-refractivity contribution in [2.24, 2.45) is 0 Å². The predicted molar refractivity (Wildman–Crippen MR) is 126 cm³/mol. The quantitative estimate of drug-likeness (QED) is 0.455. The Morgan fingerprint density at radius 1 is 0.903 bits per heavy atom. The Morgan fingerprint density at radius 2 is 1.61 bits per heavy atom. The molecule has 9 heteroatoms.